The Morgan fingerprint density at radius 2 is 2.29 bits per heavy atom. The van der Waals surface area contributed by atoms with E-state index in [2.05, 4.69) is 4.98 Å². The Morgan fingerprint density at radius 3 is 2.88 bits per heavy atom. The van der Waals surface area contributed by atoms with Gasteiger partial charge in [-0.3, -0.25) is 10.1 Å². The van der Waals surface area contributed by atoms with Gasteiger partial charge in [0.2, 0.25) is 11.7 Å². The van der Waals surface area contributed by atoms with E-state index >= 15 is 0 Å². The number of pyridine rings is 1. The minimum absolute atomic E-state index is 0.101. The minimum atomic E-state index is -1.01. The van der Waals surface area contributed by atoms with Gasteiger partial charge in [-0.2, -0.15) is 0 Å². The molecule has 1 rings (SSSR count). The number of methoxy groups -OCH3 is 1. The van der Waals surface area contributed by atoms with Gasteiger partial charge in [0.05, 0.1) is 18.7 Å². The quantitative estimate of drug-likeness (QED) is 0.810. The van der Waals surface area contributed by atoms with E-state index in [4.69, 9.17) is 26.8 Å². The SMILES string of the molecule is COc1c(Cl)ccnc1OC(=O)NC(=O)CN. The zero-order valence-corrected chi connectivity index (χ0v) is 9.65. The molecule has 0 fully saturated rings. The molecule has 0 aliphatic carbocycles. The van der Waals surface area contributed by atoms with Crippen LogP contribution in [0.15, 0.2) is 12.3 Å². The lowest BCUT2D eigenvalue weighted by atomic mass is 10.4. The van der Waals surface area contributed by atoms with E-state index in [9.17, 15) is 9.59 Å². The number of hydrogen-bond donors (Lipinski definition) is 2. The number of aromatic nitrogens is 1. The van der Waals surface area contributed by atoms with Crippen LogP contribution in [-0.4, -0.2) is 30.6 Å². The summed E-state index contributed by atoms with van der Waals surface area (Å²) in [7, 11) is 1.35. The molecule has 0 saturated heterocycles. The lowest BCUT2D eigenvalue weighted by molar-refractivity contribution is -0.118. The fraction of sp³-hybridized carbons (Fsp3) is 0.222. The number of nitrogens with one attached hydrogen (secondary N) is 1. The molecule has 0 aromatic carbocycles. The fourth-order valence-electron chi connectivity index (χ4n) is 0.943. The largest absolute Gasteiger partial charge is 0.490 e. The Bertz CT molecular complexity index is 438. The Kier molecular flexibility index (Phi) is 4.68. The van der Waals surface area contributed by atoms with E-state index < -0.39 is 12.0 Å². The van der Waals surface area contributed by atoms with Gasteiger partial charge in [0.1, 0.15) is 0 Å². The van der Waals surface area contributed by atoms with E-state index in [1.807, 2.05) is 5.32 Å². The summed E-state index contributed by atoms with van der Waals surface area (Å²) in [5.41, 5.74) is 5.01. The molecule has 0 aliphatic rings. The van der Waals surface area contributed by atoms with Crippen LogP contribution >= 0.6 is 11.6 Å². The monoisotopic (exact) mass is 259 g/mol. The first kappa shape index (κ1) is 13.2. The zero-order chi connectivity index (χ0) is 12.8. The van der Waals surface area contributed by atoms with Crippen LogP contribution in [0.1, 0.15) is 0 Å². The van der Waals surface area contributed by atoms with Gasteiger partial charge in [-0.1, -0.05) is 11.6 Å². The molecule has 0 radical (unpaired) electrons. The van der Waals surface area contributed by atoms with Gasteiger partial charge in [-0.15, -0.1) is 0 Å². The molecule has 2 amide bonds. The number of imide groups is 1. The highest BCUT2D eigenvalue weighted by molar-refractivity contribution is 6.32. The van der Waals surface area contributed by atoms with Gasteiger partial charge in [0.25, 0.3) is 5.88 Å². The number of amides is 2. The van der Waals surface area contributed by atoms with Crippen LogP contribution < -0.4 is 20.5 Å². The smallest absolute Gasteiger partial charge is 0.420 e. The number of carbonyl (C=O) groups is 2. The van der Waals surface area contributed by atoms with Gasteiger partial charge in [-0.25, -0.2) is 9.78 Å². The van der Waals surface area contributed by atoms with Gasteiger partial charge in [0, 0.05) is 6.20 Å². The van der Waals surface area contributed by atoms with E-state index in [1.54, 1.807) is 0 Å². The number of nitrogens with zero attached hydrogens (tertiary/aromatic N) is 1. The molecular formula is C9H10ClN3O4. The fourth-order valence-corrected chi connectivity index (χ4v) is 1.16. The van der Waals surface area contributed by atoms with E-state index in [1.165, 1.54) is 19.4 Å². The second-order valence-electron chi connectivity index (χ2n) is 2.77. The van der Waals surface area contributed by atoms with Gasteiger partial charge >= 0.3 is 6.09 Å². The lowest BCUT2D eigenvalue weighted by Gasteiger charge is -2.08. The van der Waals surface area contributed by atoms with Gasteiger partial charge < -0.3 is 15.2 Å². The standard InChI is InChI=1S/C9H10ClN3O4/c1-16-7-5(10)2-3-12-8(7)17-9(15)13-6(14)4-11/h2-3H,4,11H2,1H3,(H,13,14,15). The molecular weight excluding hydrogens is 250 g/mol. The third-order valence-electron chi connectivity index (χ3n) is 1.64. The van der Waals surface area contributed by atoms with Crippen molar-refractivity contribution in [3.05, 3.63) is 17.3 Å². The Morgan fingerprint density at radius 1 is 1.59 bits per heavy atom. The van der Waals surface area contributed by atoms with Crippen molar-refractivity contribution in [2.45, 2.75) is 0 Å². The summed E-state index contributed by atoms with van der Waals surface area (Å²) in [5, 5.41) is 2.12. The Balaban J connectivity index is 2.78. The molecule has 0 aliphatic heterocycles. The van der Waals surface area contributed by atoms with Crippen molar-refractivity contribution in [2.24, 2.45) is 5.73 Å². The van der Waals surface area contributed by atoms with Crippen molar-refractivity contribution in [1.82, 2.24) is 10.3 Å². The lowest BCUT2D eigenvalue weighted by Crippen LogP contribution is -2.37. The van der Waals surface area contributed by atoms with E-state index in [0.29, 0.717) is 0 Å². The number of halogens is 1. The number of rotatable bonds is 3. The molecule has 3 N–H and O–H groups in total. The maximum absolute atomic E-state index is 11.2. The summed E-state index contributed by atoms with van der Waals surface area (Å²) < 4.78 is 9.64. The maximum atomic E-state index is 11.2. The zero-order valence-electron chi connectivity index (χ0n) is 8.90. The Hall–Kier alpha value is -1.86. The number of nitrogens with two attached hydrogens (primary N) is 1. The second-order valence-corrected chi connectivity index (χ2v) is 3.18. The highest BCUT2D eigenvalue weighted by Crippen LogP contribution is 2.32. The molecule has 0 atom stereocenters. The molecule has 8 heteroatoms. The normalized spacial score (nSPS) is 9.59. The highest BCUT2D eigenvalue weighted by Gasteiger charge is 2.15. The minimum Gasteiger partial charge on any atom is -0.490 e. The molecule has 1 aromatic heterocycles. The molecule has 0 saturated carbocycles. The summed E-state index contributed by atoms with van der Waals surface area (Å²) in [4.78, 5) is 25.8. The van der Waals surface area contributed by atoms with Crippen LogP contribution in [0.2, 0.25) is 5.02 Å². The van der Waals surface area contributed by atoms with E-state index in [0.717, 1.165) is 0 Å². The third kappa shape index (κ3) is 3.58. The van der Waals surface area contributed by atoms with Crippen LogP contribution in [-0.2, 0) is 4.79 Å². The van der Waals surface area contributed by atoms with Crippen molar-refractivity contribution in [3.63, 3.8) is 0 Å². The van der Waals surface area contributed by atoms with E-state index in [-0.39, 0.29) is 23.2 Å². The first-order valence-corrected chi connectivity index (χ1v) is 4.86. The molecule has 0 bridgehead atoms. The molecule has 0 spiro atoms. The average Bonchev–Trinajstić information content (AvgIpc) is 2.29. The van der Waals surface area contributed by atoms with Crippen LogP contribution in [0, 0.1) is 0 Å². The van der Waals surface area contributed by atoms with Crippen molar-refractivity contribution in [1.29, 1.82) is 0 Å². The second kappa shape index (κ2) is 6.02. The molecule has 17 heavy (non-hydrogen) atoms. The third-order valence-corrected chi connectivity index (χ3v) is 1.94. The Labute approximate surface area is 102 Å². The number of carbonyl (C=O) groups excluding carboxylic acids is 2. The molecule has 1 heterocycles. The number of hydrogen-bond acceptors (Lipinski definition) is 6. The maximum Gasteiger partial charge on any atom is 0.420 e. The van der Waals surface area contributed by atoms with Gasteiger partial charge in [-0.05, 0) is 6.07 Å². The molecule has 7 nitrogen and oxygen atoms in total. The van der Waals surface area contributed by atoms with Crippen LogP contribution in [0.3, 0.4) is 0 Å². The first-order valence-electron chi connectivity index (χ1n) is 4.48. The van der Waals surface area contributed by atoms with Gasteiger partial charge in [0.15, 0.2) is 0 Å². The van der Waals surface area contributed by atoms with Crippen LogP contribution in [0.5, 0.6) is 11.6 Å². The number of ether oxygens (including phenoxy) is 2. The molecule has 0 unspecified atom stereocenters. The molecule has 1 aromatic rings. The summed E-state index contributed by atoms with van der Waals surface area (Å²) >= 11 is 5.78. The molecule has 92 valence electrons. The summed E-state index contributed by atoms with van der Waals surface area (Å²) in [6, 6.07) is 1.47. The van der Waals surface area contributed by atoms with Crippen LogP contribution in [0.25, 0.3) is 0 Å². The van der Waals surface area contributed by atoms with Crippen molar-refractivity contribution >= 4 is 23.6 Å². The summed E-state index contributed by atoms with van der Waals surface area (Å²) in [6.07, 6.45) is 0.326. The first-order chi connectivity index (χ1) is 8.08. The predicted molar refractivity (Wildman–Crippen MR) is 59.0 cm³/mol. The topological polar surface area (TPSA) is 104 Å². The summed E-state index contributed by atoms with van der Waals surface area (Å²) in [6.45, 7) is -0.324. The average molecular weight is 260 g/mol. The highest BCUT2D eigenvalue weighted by atomic mass is 35.5. The summed E-state index contributed by atoms with van der Waals surface area (Å²) in [5.74, 6) is -0.706. The predicted octanol–water partition coefficient (Wildman–Crippen LogP) is 0.317. The van der Waals surface area contributed by atoms with Crippen LogP contribution in [0.4, 0.5) is 4.79 Å². The van der Waals surface area contributed by atoms with Crippen molar-refractivity contribution in [3.8, 4) is 11.6 Å². The van der Waals surface area contributed by atoms with Crippen molar-refractivity contribution < 1.29 is 19.1 Å². The van der Waals surface area contributed by atoms with Crippen molar-refractivity contribution in [2.75, 3.05) is 13.7 Å².